The lowest BCUT2D eigenvalue weighted by Gasteiger charge is -2.27. The number of nitrogens with zero attached hydrogens (tertiary/aromatic N) is 3. The van der Waals surface area contributed by atoms with Crippen molar-refractivity contribution in [2.75, 3.05) is 14.2 Å². The summed E-state index contributed by atoms with van der Waals surface area (Å²) in [6, 6.07) is 26.6. The molecule has 0 amide bonds. The first kappa shape index (κ1) is 25.9. The number of aliphatic hydroxyl groups excluding tert-OH is 1. The standard InChI is InChI=1S/C33H34N4O3/c1-39-27-16-8-23(9-17-27)29-30-32(34)37(25-12-14-26(38)15-13-25)21-35-33(30)36(20-22-6-4-3-5-7-22)31(29)24-10-18-28(40-2)19-11-24/h3-11,16-19,21,25-26,34,38H,12-15,20H2,1-2H3/t25-,26-. The molecule has 7 heteroatoms. The van der Waals surface area contributed by atoms with Crippen molar-refractivity contribution in [1.82, 2.24) is 14.1 Å². The molecular weight excluding hydrogens is 500 g/mol. The predicted molar refractivity (Wildman–Crippen MR) is 157 cm³/mol. The van der Waals surface area contributed by atoms with E-state index in [1.165, 1.54) is 0 Å². The molecule has 1 aliphatic carbocycles. The molecule has 2 aromatic heterocycles. The van der Waals surface area contributed by atoms with Gasteiger partial charge in [-0.05, 0) is 78.8 Å². The minimum atomic E-state index is -0.258. The maximum Gasteiger partial charge on any atom is 0.146 e. The Morgan fingerprint density at radius 1 is 0.825 bits per heavy atom. The molecule has 40 heavy (non-hydrogen) atoms. The van der Waals surface area contributed by atoms with Crippen LogP contribution in [0.3, 0.4) is 0 Å². The fourth-order valence-electron chi connectivity index (χ4n) is 5.89. The van der Waals surface area contributed by atoms with Gasteiger partial charge in [0.2, 0.25) is 0 Å². The third-order valence-corrected chi connectivity index (χ3v) is 8.02. The second kappa shape index (κ2) is 11.0. The highest BCUT2D eigenvalue weighted by Gasteiger charge is 2.26. The molecule has 0 aliphatic heterocycles. The zero-order valence-electron chi connectivity index (χ0n) is 22.9. The second-order valence-electron chi connectivity index (χ2n) is 10.4. The Morgan fingerprint density at radius 2 is 1.43 bits per heavy atom. The van der Waals surface area contributed by atoms with Crippen molar-refractivity contribution in [2.24, 2.45) is 0 Å². The van der Waals surface area contributed by atoms with Crippen LogP contribution in [0.15, 0.2) is 85.2 Å². The van der Waals surface area contributed by atoms with E-state index in [0.29, 0.717) is 12.0 Å². The van der Waals surface area contributed by atoms with E-state index < -0.39 is 0 Å². The molecule has 2 N–H and O–H groups in total. The first-order chi connectivity index (χ1) is 19.6. The molecule has 0 bridgehead atoms. The quantitative estimate of drug-likeness (QED) is 0.261. The number of rotatable bonds is 7. The molecule has 2 heterocycles. The van der Waals surface area contributed by atoms with Crippen LogP contribution in [0.5, 0.6) is 11.5 Å². The summed E-state index contributed by atoms with van der Waals surface area (Å²) in [7, 11) is 3.34. The SMILES string of the molecule is COc1ccc(-c2c(-c3ccc(OC)cc3)n(Cc3ccccc3)c3ncn([C@H]4CC[C@H](O)CC4)c(=N)c23)cc1. The van der Waals surface area contributed by atoms with E-state index in [1.807, 2.05) is 53.4 Å². The van der Waals surface area contributed by atoms with Crippen LogP contribution in [0.4, 0.5) is 0 Å². The van der Waals surface area contributed by atoms with Gasteiger partial charge in [0.1, 0.15) is 22.6 Å². The lowest BCUT2D eigenvalue weighted by molar-refractivity contribution is 0.109. The zero-order chi connectivity index (χ0) is 27.6. The van der Waals surface area contributed by atoms with Crippen LogP contribution in [0, 0.1) is 5.41 Å². The Balaban J connectivity index is 1.65. The molecule has 3 aromatic carbocycles. The lowest BCUT2D eigenvalue weighted by Crippen LogP contribution is -2.29. The van der Waals surface area contributed by atoms with Gasteiger partial charge in [-0.25, -0.2) is 4.98 Å². The highest BCUT2D eigenvalue weighted by Crippen LogP contribution is 2.41. The topological polar surface area (TPSA) is 85.3 Å². The Labute approximate surface area is 233 Å². The molecule has 204 valence electrons. The third-order valence-electron chi connectivity index (χ3n) is 8.02. The highest BCUT2D eigenvalue weighted by molar-refractivity contribution is 6.02. The van der Waals surface area contributed by atoms with Gasteiger partial charge in [0, 0.05) is 18.2 Å². The van der Waals surface area contributed by atoms with Crippen molar-refractivity contribution in [1.29, 1.82) is 5.41 Å². The normalized spacial score (nSPS) is 17.2. The number of fused-ring (bicyclic) bond motifs is 1. The van der Waals surface area contributed by atoms with Crippen molar-refractivity contribution < 1.29 is 14.6 Å². The van der Waals surface area contributed by atoms with Crippen molar-refractivity contribution in [3.05, 3.63) is 96.2 Å². The maximum atomic E-state index is 10.1. The Kier molecular flexibility index (Phi) is 7.13. The third kappa shape index (κ3) is 4.77. The van der Waals surface area contributed by atoms with Crippen LogP contribution >= 0.6 is 0 Å². The van der Waals surface area contributed by atoms with Crippen LogP contribution in [0.25, 0.3) is 33.4 Å². The molecule has 0 unspecified atom stereocenters. The zero-order valence-corrected chi connectivity index (χ0v) is 22.9. The number of aromatic nitrogens is 3. The van der Waals surface area contributed by atoms with Crippen molar-refractivity contribution in [2.45, 2.75) is 44.4 Å². The molecule has 0 saturated heterocycles. The average Bonchev–Trinajstić information content (AvgIpc) is 3.33. The molecule has 0 radical (unpaired) electrons. The summed E-state index contributed by atoms with van der Waals surface area (Å²) in [6.45, 7) is 0.612. The Hall–Kier alpha value is -4.36. The minimum absolute atomic E-state index is 0.137. The van der Waals surface area contributed by atoms with Gasteiger partial charge in [-0.15, -0.1) is 0 Å². The number of hydrogen-bond donors (Lipinski definition) is 2. The molecule has 1 fully saturated rings. The first-order valence-corrected chi connectivity index (χ1v) is 13.8. The smallest absolute Gasteiger partial charge is 0.146 e. The van der Waals surface area contributed by atoms with Crippen molar-refractivity contribution in [3.63, 3.8) is 0 Å². The van der Waals surface area contributed by atoms with Gasteiger partial charge in [0.05, 0.1) is 37.7 Å². The van der Waals surface area contributed by atoms with Crippen molar-refractivity contribution in [3.8, 4) is 33.9 Å². The van der Waals surface area contributed by atoms with Gasteiger partial charge in [-0.2, -0.15) is 0 Å². The average molecular weight is 535 g/mol. The van der Waals surface area contributed by atoms with E-state index in [1.54, 1.807) is 14.2 Å². The van der Waals surface area contributed by atoms with Gasteiger partial charge >= 0.3 is 0 Å². The van der Waals surface area contributed by atoms with Crippen LogP contribution < -0.4 is 15.0 Å². The van der Waals surface area contributed by atoms with E-state index in [-0.39, 0.29) is 12.1 Å². The van der Waals surface area contributed by atoms with E-state index in [4.69, 9.17) is 14.5 Å². The monoisotopic (exact) mass is 534 g/mol. The van der Waals surface area contributed by atoms with Gasteiger partial charge in [-0.1, -0.05) is 42.5 Å². The maximum absolute atomic E-state index is 10.1. The second-order valence-corrected chi connectivity index (χ2v) is 10.4. The number of benzene rings is 3. The fourth-order valence-corrected chi connectivity index (χ4v) is 5.89. The molecule has 1 saturated carbocycles. The van der Waals surface area contributed by atoms with Crippen molar-refractivity contribution >= 4 is 11.0 Å². The van der Waals surface area contributed by atoms with E-state index >= 15 is 0 Å². The van der Waals surface area contributed by atoms with Gasteiger partial charge in [-0.3, -0.25) is 5.41 Å². The molecule has 7 nitrogen and oxygen atoms in total. The number of nitrogens with one attached hydrogen (secondary N) is 1. The van der Waals surface area contributed by atoms with Crippen LogP contribution in [-0.2, 0) is 6.54 Å². The van der Waals surface area contributed by atoms with Gasteiger partial charge < -0.3 is 23.7 Å². The molecule has 0 atom stereocenters. The van der Waals surface area contributed by atoms with Crippen LogP contribution in [0.2, 0.25) is 0 Å². The van der Waals surface area contributed by atoms with E-state index in [0.717, 1.165) is 76.2 Å². The molecular formula is C33H34N4O3. The molecule has 5 aromatic rings. The van der Waals surface area contributed by atoms with Gasteiger partial charge in [0.15, 0.2) is 0 Å². The highest BCUT2D eigenvalue weighted by atomic mass is 16.5. The number of aliphatic hydroxyl groups is 1. The Bertz CT molecular complexity index is 1660. The number of ether oxygens (including phenoxy) is 2. The molecule has 0 spiro atoms. The van der Waals surface area contributed by atoms with Gasteiger partial charge in [0.25, 0.3) is 0 Å². The Morgan fingerprint density at radius 3 is 2.02 bits per heavy atom. The number of hydrogen-bond acceptors (Lipinski definition) is 5. The van der Waals surface area contributed by atoms with Crippen LogP contribution in [0.1, 0.15) is 37.3 Å². The number of methoxy groups -OCH3 is 2. The fraction of sp³-hybridized carbons (Fsp3) is 0.273. The summed E-state index contributed by atoms with van der Waals surface area (Å²) in [6.07, 6.45) is 4.72. The molecule has 1 aliphatic rings. The summed E-state index contributed by atoms with van der Waals surface area (Å²) < 4.78 is 15.2. The minimum Gasteiger partial charge on any atom is -0.497 e. The predicted octanol–water partition coefficient (Wildman–Crippen LogP) is 6.19. The van der Waals surface area contributed by atoms with Crippen LogP contribution in [-0.4, -0.2) is 39.5 Å². The molecule has 6 rings (SSSR count). The summed E-state index contributed by atoms with van der Waals surface area (Å²) in [5, 5.41) is 20.4. The summed E-state index contributed by atoms with van der Waals surface area (Å²) >= 11 is 0. The van der Waals surface area contributed by atoms with E-state index in [9.17, 15) is 10.5 Å². The first-order valence-electron chi connectivity index (χ1n) is 13.8. The van der Waals surface area contributed by atoms with E-state index in [2.05, 4.69) is 41.0 Å². The largest absolute Gasteiger partial charge is 0.497 e. The summed E-state index contributed by atoms with van der Waals surface area (Å²) in [4.78, 5) is 5.03. The summed E-state index contributed by atoms with van der Waals surface area (Å²) in [5.74, 6) is 1.57. The lowest BCUT2D eigenvalue weighted by atomic mass is 9.93. The summed E-state index contributed by atoms with van der Waals surface area (Å²) in [5.41, 5.74) is 6.37.